The average Bonchev–Trinajstić information content (AvgIpc) is 2.32. The Labute approximate surface area is 533 Å². The SMILES string of the molecule is CC/C=C\C/C=C\C/C=C\C/C=C\C/C=C\C/C=C\CCCCCCC(=O)OC1C(OCC(NC(=O)C(O)CCCCCCCCCCCCCC/C=C/CCCCCCCC)C(O)/C=C/CCCCCCCCCCCCC)OC(CO)C(O)C1O. The molecule has 1 rings (SSSR count). The lowest BCUT2D eigenvalue weighted by Gasteiger charge is -2.41. The molecule has 1 heterocycles. The first-order valence-electron chi connectivity index (χ1n) is 36.0. The van der Waals surface area contributed by atoms with Gasteiger partial charge in [-0.25, -0.2) is 0 Å². The standard InChI is InChI=1S/C76H133NO10/c1-4-7-10-13-16-19-22-25-27-29-31-33-35-37-39-41-43-46-49-52-55-58-61-64-71(81)87-74-73(83)72(82)70(65-78)86-76(74)85-66-67(68(79)62-59-56-53-50-47-44-24-21-18-15-12-9-6-3)77-75(84)69(80)63-60-57-54-51-48-45-42-40-38-36-34-32-30-28-26-23-20-17-14-11-8-5-2/h7,10,16,19,25-28,31,33,37,39,43,46,59,62,67-70,72-74,76,78-80,82-83H,4-6,8-9,11-15,17-18,20-24,29-30,32,34-36,38,40-42,44-45,47-58,60-61,63-66H2,1-3H3,(H,77,84)/b10-7-,19-16-,27-25-,28-26+,33-31-,39-37-,46-43-,62-59+. The van der Waals surface area contributed by atoms with E-state index in [4.69, 9.17) is 14.2 Å². The Morgan fingerprint density at radius 2 is 0.828 bits per heavy atom. The molecule has 0 saturated carbocycles. The zero-order valence-corrected chi connectivity index (χ0v) is 55.9. The van der Waals surface area contributed by atoms with E-state index in [1.54, 1.807) is 6.08 Å². The number of nitrogens with one attached hydrogen (secondary N) is 1. The van der Waals surface area contributed by atoms with E-state index in [0.29, 0.717) is 12.8 Å². The second-order valence-corrected chi connectivity index (χ2v) is 24.6. The highest BCUT2D eigenvalue weighted by Crippen LogP contribution is 2.26. The molecule has 0 bridgehead atoms. The lowest BCUT2D eigenvalue weighted by Crippen LogP contribution is -2.61. The quantitative estimate of drug-likeness (QED) is 0.0195. The number of aliphatic hydroxyl groups is 5. The number of rotatable bonds is 61. The minimum absolute atomic E-state index is 0.0900. The van der Waals surface area contributed by atoms with Gasteiger partial charge < -0.3 is 45.1 Å². The summed E-state index contributed by atoms with van der Waals surface area (Å²) < 4.78 is 17.7. The van der Waals surface area contributed by atoms with Crippen molar-refractivity contribution in [3.8, 4) is 0 Å². The lowest BCUT2D eigenvalue weighted by atomic mass is 9.99. The van der Waals surface area contributed by atoms with Crippen molar-refractivity contribution in [2.24, 2.45) is 0 Å². The van der Waals surface area contributed by atoms with E-state index in [2.05, 4.69) is 111 Å². The van der Waals surface area contributed by atoms with Gasteiger partial charge in [0.1, 0.15) is 24.4 Å². The van der Waals surface area contributed by atoms with Crippen LogP contribution < -0.4 is 5.32 Å². The summed E-state index contributed by atoms with van der Waals surface area (Å²) in [4.78, 5) is 26.7. The first kappa shape index (κ1) is 81.6. The van der Waals surface area contributed by atoms with Crippen molar-refractivity contribution in [2.75, 3.05) is 13.2 Å². The van der Waals surface area contributed by atoms with Crippen LogP contribution in [-0.2, 0) is 23.8 Å². The summed E-state index contributed by atoms with van der Waals surface area (Å²) in [5.74, 6) is -1.22. The van der Waals surface area contributed by atoms with E-state index in [1.165, 1.54) is 161 Å². The number of allylic oxidation sites excluding steroid dienone is 15. The van der Waals surface area contributed by atoms with Crippen molar-refractivity contribution in [1.29, 1.82) is 0 Å². The van der Waals surface area contributed by atoms with Crippen molar-refractivity contribution in [3.63, 3.8) is 0 Å². The highest BCUT2D eigenvalue weighted by Gasteiger charge is 2.47. The van der Waals surface area contributed by atoms with Gasteiger partial charge in [-0.05, 0) is 103 Å². The maximum Gasteiger partial charge on any atom is 0.306 e. The highest BCUT2D eigenvalue weighted by molar-refractivity contribution is 5.80. The molecule has 502 valence electrons. The van der Waals surface area contributed by atoms with Crippen LogP contribution >= 0.6 is 0 Å². The predicted octanol–water partition coefficient (Wildman–Crippen LogP) is 18.6. The van der Waals surface area contributed by atoms with Gasteiger partial charge in [0.25, 0.3) is 0 Å². The van der Waals surface area contributed by atoms with Crippen LogP contribution in [-0.4, -0.2) is 99.6 Å². The lowest BCUT2D eigenvalue weighted by molar-refractivity contribution is -0.305. The summed E-state index contributed by atoms with van der Waals surface area (Å²) in [6.45, 7) is 5.69. The molecule has 0 aromatic carbocycles. The van der Waals surface area contributed by atoms with Crippen LogP contribution in [0.25, 0.3) is 0 Å². The van der Waals surface area contributed by atoms with Crippen molar-refractivity contribution in [3.05, 3.63) is 97.2 Å². The molecule has 1 amide bonds. The molecular weight excluding hydrogens is 1090 g/mol. The number of aliphatic hydroxyl groups excluding tert-OH is 5. The summed E-state index contributed by atoms with van der Waals surface area (Å²) in [5.41, 5.74) is 0. The van der Waals surface area contributed by atoms with Gasteiger partial charge in [0.05, 0.1) is 25.4 Å². The summed E-state index contributed by atoms with van der Waals surface area (Å²) >= 11 is 0. The Hall–Kier alpha value is -3.42. The van der Waals surface area contributed by atoms with Crippen LogP contribution in [0.4, 0.5) is 0 Å². The molecule has 11 nitrogen and oxygen atoms in total. The average molecular weight is 1220 g/mol. The number of carbonyl (C=O) groups excluding carboxylic acids is 2. The number of hydrogen-bond acceptors (Lipinski definition) is 10. The summed E-state index contributed by atoms with van der Waals surface area (Å²) in [6, 6.07) is -1.04. The predicted molar refractivity (Wildman–Crippen MR) is 365 cm³/mol. The number of ether oxygens (including phenoxy) is 3. The number of carbonyl (C=O) groups is 2. The van der Waals surface area contributed by atoms with E-state index in [-0.39, 0.29) is 19.4 Å². The van der Waals surface area contributed by atoms with Gasteiger partial charge in [0.15, 0.2) is 12.4 Å². The van der Waals surface area contributed by atoms with E-state index < -0.39 is 67.4 Å². The monoisotopic (exact) mass is 1220 g/mol. The third-order valence-electron chi connectivity index (χ3n) is 16.5. The molecule has 0 aliphatic carbocycles. The Bertz CT molecular complexity index is 1790. The van der Waals surface area contributed by atoms with Crippen molar-refractivity contribution >= 4 is 11.9 Å². The molecule has 87 heavy (non-hydrogen) atoms. The summed E-state index contributed by atoms with van der Waals surface area (Å²) in [6.07, 6.45) is 74.4. The van der Waals surface area contributed by atoms with Crippen molar-refractivity contribution in [1.82, 2.24) is 5.32 Å². The molecule has 0 radical (unpaired) electrons. The maximum atomic E-state index is 13.5. The van der Waals surface area contributed by atoms with Gasteiger partial charge in [-0.3, -0.25) is 9.59 Å². The number of hydrogen-bond donors (Lipinski definition) is 6. The van der Waals surface area contributed by atoms with Crippen LogP contribution in [0, 0.1) is 0 Å². The zero-order chi connectivity index (χ0) is 63.1. The highest BCUT2D eigenvalue weighted by atomic mass is 16.7. The smallest absolute Gasteiger partial charge is 0.306 e. The van der Waals surface area contributed by atoms with E-state index in [9.17, 15) is 35.1 Å². The van der Waals surface area contributed by atoms with E-state index in [0.717, 1.165) is 103 Å². The molecule has 0 aromatic rings. The normalized spacial score (nSPS) is 18.8. The molecule has 11 heteroatoms. The van der Waals surface area contributed by atoms with Gasteiger partial charge in [0.2, 0.25) is 5.91 Å². The Morgan fingerprint density at radius 1 is 0.460 bits per heavy atom. The summed E-state index contributed by atoms with van der Waals surface area (Å²) in [5, 5.41) is 57.3. The first-order valence-corrected chi connectivity index (χ1v) is 36.0. The van der Waals surface area contributed by atoms with Crippen LogP contribution in [0.1, 0.15) is 310 Å². The van der Waals surface area contributed by atoms with Gasteiger partial charge in [-0.1, -0.05) is 298 Å². The molecule has 8 atom stereocenters. The topological polar surface area (TPSA) is 175 Å². The van der Waals surface area contributed by atoms with Gasteiger partial charge in [-0.15, -0.1) is 0 Å². The minimum Gasteiger partial charge on any atom is -0.454 e. The number of amides is 1. The maximum absolute atomic E-state index is 13.5. The fourth-order valence-corrected chi connectivity index (χ4v) is 10.8. The minimum atomic E-state index is -1.63. The summed E-state index contributed by atoms with van der Waals surface area (Å²) in [7, 11) is 0. The largest absolute Gasteiger partial charge is 0.454 e. The molecule has 1 fully saturated rings. The van der Waals surface area contributed by atoms with Crippen molar-refractivity contribution < 1.29 is 49.3 Å². The Morgan fingerprint density at radius 3 is 1.25 bits per heavy atom. The van der Waals surface area contributed by atoms with Crippen molar-refractivity contribution in [2.45, 2.75) is 359 Å². The number of unbranched alkanes of at least 4 members (excludes halogenated alkanes) is 33. The Kier molecular flexibility index (Phi) is 58.9. The molecule has 1 aliphatic rings. The fraction of sp³-hybridized carbons (Fsp3) is 0.763. The molecule has 8 unspecified atom stereocenters. The van der Waals surface area contributed by atoms with Gasteiger partial charge in [-0.2, -0.15) is 0 Å². The number of esters is 1. The van der Waals surface area contributed by atoms with Crippen LogP contribution in [0.2, 0.25) is 0 Å². The van der Waals surface area contributed by atoms with Crippen LogP contribution in [0.5, 0.6) is 0 Å². The van der Waals surface area contributed by atoms with E-state index >= 15 is 0 Å². The second kappa shape index (κ2) is 62.8. The van der Waals surface area contributed by atoms with E-state index in [1.807, 2.05) is 6.08 Å². The first-order chi connectivity index (χ1) is 42.7. The fourth-order valence-electron chi connectivity index (χ4n) is 10.8. The third-order valence-corrected chi connectivity index (χ3v) is 16.5. The molecule has 1 saturated heterocycles. The molecular formula is C76H133NO10. The molecule has 0 spiro atoms. The van der Waals surface area contributed by atoms with Gasteiger partial charge in [0, 0.05) is 6.42 Å². The van der Waals surface area contributed by atoms with Crippen LogP contribution in [0.3, 0.4) is 0 Å². The second-order valence-electron chi connectivity index (χ2n) is 24.6. The Balaban J connectivity index is 2.62. The van der Waals surface area contributed by atoms with Gasteiger partial charge >= 0.3 is 5.97 Å². The molecule has 6 N–H and O–H groups in total. The van der Waals surface area contributed by atoms with Crippen LogP contribution in [0.15, 0.2) is 97.2 Å². The molecule has 0 aromatic heterocycles. The third kappa shape index (κ3) is 50.0. The zero-order valence-electron chi connectivity index (χ0n) is 55.9. The molecule has 1 aliphatic heterocycles.